The highest BCUT2D eigenvalue weighted by atomic mass is 16.5. The van der Waals surface area contributed by atoms with E-state index >= 15 is 0 Å². The van der Waals surface area contributed by atoms with Gasteiger partial charge in [0.1, 0.15) is 5.92 Å². The first-order valence-corrected chi connectivity index (χ1v) is 5.14. The minimum absolute atomic E-state index is 0.429. The summed E-state index contributed by atoms with van der Waals surface area (Å²) in [5.41, 5.74) is 0.983. The van der Waals surface area contributed by atoms with Crippen LogP contribution in [0.15, 0.2) is 36.4 Å². The lowest BCUT2D eigenvalue weighted by Gasteiger charge is -2.12. The topological polar surface area (TPSA) is 46.5 Å². The summed E-state index contributed by atoms with van der Waals surface area (Å²) < 4.78 is 4.61. The first-order chi connectivity index (χ1) is 7.65. The number of ether oxygens (including phenoxy) is 1. The van der Waals surface area contributed by atoms with Crippen molar-refractivity contribution in [2.75, 3.05) is 7.11 Å². The summed E-state index contributed by atoms with van der Waals surface area (Å²) in [7, 11) is 1.31. The number of aliphatic hydroxyl groups is 1. The third-order valence-electron chi connectivity index (χ3n) is 2.29. The molecule has 0 aliphatic carbocycles. The molecule has 0 fully saturated rings. The van der Waals surface area contributed by atoms with Gasteiger partial charge in [-0.25, -0.2) is 0 Å². The zero-order valence-electron chi connectivity index (χ0n) is 9.46. The number of benzene rings is 1. The van der Waals surface area contributed by atoms with E-state index in [2.05, 4.69) is 4.74 Å². The van der Waals surface area contributed by atoms with Crippen LogP contribution in [0.2, 0.25) is 0 Å². The van der Waals surface area contributed by atoms with E-state index in [1.807, 2.05) is 30.3 Å². The third-order valence-corrected chi connectivity index (χ3v) is 2.29. The van der Waals surface area contributed by atoms with E-state index in [0.29, 0.717) is 0 Å². The Hall–Kier alpha value is -1.61. The van der Waals surface area contributed by atoms with Crippen molar-refractivity contribution in [2.24, 2.45) is 5.92 Å². The Morgan fingerprint density at radius 1 is 1.38 bits per heavy atom. The van der Waals surface area contributed by atoms with Crippen molar-refractivity contribution >= 4 is 12.0 Å². The van der Waals surface area contributed by atoms with Gasteiger partial charge in [0, 0.05) is 0 Å². The molecule has 0 saturated heterocycles. The molecule has 3 nitrogen and oxygen atoms in total. The van der Waals surface area contributed by atoms with E-state index in [1.54, 1.807) is 19.1 Å². The number of carbonyl (C=O) groups is 1. The van der Waals surface area contributed by atoms with Crippen LogP contribution in [0.25, 0.3) is 6.08 Å². The Balaban J connectivity index is 2.76. The van der Waals surface area contributed by atoms with Crippen LogP contribution in [-0.2, 0) is 9.53 Å². The molecule has 2 atom stereocenters. The highest BCUT2D eigenvalue weighted by Gasteiger charge is 2.20. The number of hydrogen-bond donors (Lipinski definition) is 1. The predicted octanol–water partition coefficient (Wildman–Crippen LogP) is 1.87. The molecule has 1 aromatic rings. The molecular weight excluding hydrogens is 204 g/mol. The summed E-state index contributed by atoms with van der Waals surface area (Å²) in [5.74, 6) is -1.05. The van der Waals surface area contributed by atoms with Gasteiger partial charge in [-0.2, -0.15) is 0 Å². The minimum atomic E-state index is -0.757. The molecule has 1 rings (SSSR count). The van der Waals surface area contributed by atoms with Crippen LogP contribution in [0.3, 0.4) is 0 Å². The molecular formula is C13H16O3. The first-order valence-electron chi connectivity index (χ1n) is 5.14. The molecule has 0 bridgehead atoms. The quantitative estimate of drug-likeness (QED) is 0.788. The van der Waals surface area contributed by atoms with Gasteiger partial charge in [-0.15, -0.1) is 0 Å². The number of carbonyl (C=O) groups excluding carboxylic acids is 1. The Labute approximate surface area is 95.4 Å². The monoisotopic (exact) mass is 220 g/mol. The molecule has 1 aromatic carbocycles. The highest BCUT2D eigenvalue weighted by Crippen LogP contribution is 2.11. The average molecular weight is 220 g/mol. The lowest BCUT2D eigenvalue weighted by atomic mass is 10.0. The molecule has 3 heteroatoms. The number of esters is 1. The molecule has 86 valence electrons. The van der Waals surface area contributed by atoms with Crippen LogP contribution in [0.1, 0.15) is 12.5 Å². The lowest BCUT2D eigenvalue weighted by Crippen LogP contribution is -2.24. The SMILES string of the molecule is COC(=O)[C@@H](/C=C/c1ccccc1)[C@H](C)O. The maximum Gasteiger partial charge on any atom is 0.315 e. The van der Waals surface area contributed by atoms with Gasteiger partial charge >= 0.3 is 5.97 Å². The zero-order valence-corrected chi connectivity index (χ0v) is 9.46. The highest BCUT2D eigenvalue weighted by molar-refractivity contribution is 5.76. The minimum Gasteiger partial charge on any atom is -0.468 e. The van der Waals surface area contributed by atoms with Crippen molar-refractivity contribution in [3.05, 3.63) is 42.0 Å². The molecule has 16 heavy (non-hydrogen) atoms. The average Bonchev–Trinajstić information content (AvgIpc) is 2.30. The van der Waals surface area contributed by atoms with Crippen LogP contribution in [0.4, 0.5) is 0 Å². The molecule has 0 aromatic heterocycles. The molecule has 0 spiro atoms. The zero-order chi connectivity index (χ0) is 12.0. The van der Waals surface area contributed by atoms with Gasteiger partial charge in [-0.1, -0.05) is 42.5 Å². The van der Waals surface area contributed by atoms with Crippen LogP contribution >= 0.6 is 0 Å². The Kier molecular flexibility index (Phi) is 4.73. The summed E-state index contributed by atoms with van der Waals surface area (Å²) in [4.78, 5) is 11.3. The van der Waals surface area contributed by atoms with Crippen molar-refractivity contribution in [1.82, 2.24) is 0 Å². The van der Waals surface area contributed by atoms with Crippen molar-refractivity contribution < 1.29 is 14.6 Å². The van der Waals surface area contributed by atoms with E-state index in [4.69, 9.17) is 0 Å². The summed E-state index contributed by atoms with van der Waals surface area (Å²) in [6.07, 6.45) is 2.70. The molecule has 0 heterocycles. The van der Waals surface area contributed by atoms with E-state index < -0.39 is 18.0 Å². The standard InChI is InChI=1S/C13H16O3/c1-10(14)12(13(15)16-2)9-8-11-6-4-3-5-7-11/h3-10,12,14H,1-2H3/b9-8+/t10-,12-/m0/s1. The van der Waals surface area contributed by atoms with Gasteiger partial charge in [-0.05, 0) is 12.5 Å². The van der Waals surface area contributed by atoms with Gasteiger partial charge in [0.05, 0.1) is 13.2 Å². The van der Waals surface area contributed by atoms with Crippen molar-refractivity contribution in [1.29, 1.82) is 0 Å². The van der Waals surface area contributed by atoms with Crippen LogP contribution in [0, 0.1) is 5.92 Å². The van der Waals surface area contributed by atoms with E-state index in [1.165, 1.54) is 7.11 Å². The largest absolute Gasteiger partial charge is 0.468 e. The second kappa shape index (κ2) is 6.08. The Morgan fingerprint density at radius 3 is 2.50 bits per heavy atom. The predicted molar refractivity (Wildman–Crippen MR) is 62.7 cm³/mol. The number of aliphatic hydroxyl groups excluding tert-OH is 1. The van der Waals surface area contributed by atoms with E-state index in [9.17, 15) is 9.90 Å². The number of methoxy groups -OCH3 is 1. The lowest BCUT2D eigenvalue weighted by molar-refractivity contribution is -0.146. The summed E-state index contributed by atoms with van der Waals surface area (Å²) in [5, 5.41) is 9.44. The maximum absolute atomic E-state index is 11.3. The maximum atomic E-state index is 11.3. The van der Waals surface area contributed by atoms with E-state index in [0.717, 1.165) is 5.56 Å². The third kappa shape index (κ3) is 3.51. The molecule has 1 N–H and O–H groups in total. The summed E-state index contributed by atoms with van der Waals surface area (Å²) in [6.45, 7) is 1.57. The molecule has 0 aliphatic rings. The fraction of sp³-hybridized carbons (Fsp3) is 0.308. The van der Waals surface area contributed by atoms with Gasteiger partial charge in [-0.3, -0.25) is 4.79 Å². The first kappa shape index (κ1) is 12.5. The fourth-order valence-corrected chi connectivity index (χ4v) is 1.35. The molecule has 0 saturated carbocycles. The summed E-state index contributed by atoms with van der Waals surface area (Å²) >= 11 is 0. The molecule has 0 aliphatic heterocycles. The normalized spacial score (nSPS) is 14.7. The van der Waals surface area contributed by atoms with Gasteiger partial charge in [0.15, 0.2) is 0 Å². The second-order valence-electron chi connectivity index (χ2n) is 3.56. The molecule has 0 radical (unpaired) electrons. The van der Waals surface area contributed by atoms with E-state index in [-0.39, 0.29) is 0 Å². The summed E-state index contributed by atoms with van der Waals surface area (Å²) in [6, 6.07) is 9.59. The second-order valence-corrected chi connectivity index (χ2v) is 3.56. The molecule has 0 amide bonds. The van der Waals surface area contributed by atoms with Crippen LogP contribution < -0.4 is 0 Å². The smallest absolute Gasteiger partial charge is 0.315 e. The Bertz CT molecular complexity index is 355. The van der Waals surface area contributed by atoms with Crippen LogP contribution in [0.5, 0.6) is 0 Å². The fourth-order valence-electron chi connectivity index (χ4n) is 1.35. The van der Waals surface area contributed by atoms with Gasteiger partial charge in [0.25, 0.3) is 0 Å². The van der Waals surface area contributed by atoms with Crippen molar-refractivity contribution in [3.63, 3.8) is 0 Å². The Morgan fingerprint density at radius 2 is 2.00 bits per heavy atom. The number of rotatable bonds is 4. The van der Waals surface area contributed by atoms with Gasteiger partial charge in [0.2, 0.25) is 0 Å². The molecule has 0 unspecified atom stereocenters. The van der Waals surface area contributed by atoms with Crippen LogP contribution in [-0.4, -0.2) is 24.3 Å². The van der Waals surface area contributed by atoms with Crippen molar-refractivity contribution in [2.45, 2.75) is 13.0 Å². The van der Waals surface area contributed by atoms with Gasteiger partial charge < -0.3 is 9.84 Å². The number of hydrogen-bond acceptors (Lipinski definition) is 3. The van der Waals surface area contributed by atoms with Crippen molar-refractivity contribution in [3.8, 4) is 0 Å².